The third-order valence-corrected chi connectivity index (χ3v) is 5.14. The molecule has 3 rings (SSSR count). The Bertz CT molecular complexity index is 917. The first-order chi connectivity index (χ1) is 16.3. The molecule has 1 amide bonds. The molecule has 1 aromatic carbocycles. The quantitative estimate of drug-likeness (QED) is 0.336. The number of nitrogens with zero attached hydrogens (tertiary/aromatic N) is 3. The number of nitrogens with one attached hydrogen (secondary N) is 1. The van der Waals surface area contributed by atoms with Gasteiger partial charge in [0.1, 0.15) is 5.75 Å². The van der Waals surface area contributed by atoms with Gasteiger partial charge >= 0.3 is 5.97 Å². The fourth-order valence-corrected chi connectivity index (χ4v) is 3.52. The summed E-state index contributed by atoms with van der Waals surface area (Å²) < 4.78 is 17.1. The summed E-state index contributed by atoms with van der Waals surface area (Å²) in [6.07, 6.45) is 0.652. The molecule has 1 aromatic heterocycles. The zero-order chi connectivity index (χ0) is 25.7. The summed E-state index contributed by atoms with van der Waals surface area (Å²) in [6, 6.07) is 7.37. The van der Waals surface area contributed by atoms with Crippen LogP contribution in [0.15, 0.2) is 24.3 Å². The van der Waals surface area contributed by atoms with Crippen LogP contribution in [0, 0.1) is 0 Å². The largest absolute Gasteiger partial charge is 0.495 e. The van der Waals surface area contributed by atoms with Gasteiger partial charge in [0, 0.05) is 18.7 Å². The Balaban J connectivity index is 0.000000553. The van der Waals surface area contributed by atoms with Crippen LogP contribution in [-0.2, 0) is 27.4 Å². The molecular weight excluding hydrogens is 460 g/mol. The number of carbonyl (C=O) groups is 2. The summed E-state index contributed by atoms with van der Waals surface area (Å²) >= 11 is 6.21. The fourth-order valence-electron chi connectivity index (χ4n) is 3.36. The molecule has 9 nitrogen and oxygen atoms in total. The van der Waals surface area contributed by atoms with Crippen molar-refractivity contribution in [3.8, 4) is 5.75 Å². The molecule has 34 heavy (non-hydrogen) atoms. The Kier molecular flexibility index (Phi) is 12.5. The highest BCUT2D eigenvalue weighted by Gasteiger charge is 2.36. The van der Waals surface area contributed by atoms with E-state index < -0.39 is 5.97 Å². The van der Waals surface area contributed by atoms with Crippen LogP contribution in [0.5, 0.6) is 5.75 Å². The van der Waals surface area contributed by atoms with E-state index in [1.807, 2.05) is 36.7 Å². The molecule has 2 aromatic rings. The van der Waals surface area contributed by atoms with Crippen molar-refractivity contribution in [3.63, 3.8) is 0 Å². The highest BCUT2D eigenvalue weighted by molar-refractivity contribution is 6.31. The average molecular weight is 497 g/mol. The lowest BCUT2D eigenvalue weighted by molar-refractivity contribution is -0.109. The predicted octanol–water partition coefficient (Wildman–Crippen LogP) is 3.93. The molecule has 10 heteroatoms. The molecule has 1 aliphatic heterocycles. The van der Waals surface area contributed by atoms with Gasteiger partial charge in [-0.2, -0.15) is 5.10 Å². The smallest absolute Gasteiger partial charge is 0.358 e. The molecule has 0 fully saturated rings. The molecular formula is C24H37ClN4O5. The summed E-state index contributed by atoms with van der Waals surface area (Å²) in [4.78, 5) is 23.7. The van der Waals surface area contributed by atoms with E-state index in [9.17, 15) is 9.59 Å². The van der Waals surface area contributed by atoms with E-state index >= 15 is 0 Å². The predicted molar refractivity (Wildman–Crippen MR) is 134 cm³/mol. The minimum absolute atomic E-state index is 0.233. The van der Waals surface area contributed by atoms with Crippen molar-refractivity contribution in [2.24, 2.45) is 0 Å². The Morgan fingerprint density at radius 3 is 2.56 bits per heavy atom. The molecule has 0 atom stereocenters. The topological polar surface area (TPSA) is 94.9 Å². The minimum atomic E-state index is -0.394. The van der Waals surface area contributed by atoms with Crippen molar-refractivity contribution in [3.05, 3.63) is 40.7 Å². The van der Waals surface area contributed by atoms with Crippen LogP contribution < -0.4 is 15.0 Å². The number of benzene rings is 1. The van der Waals surface area contributed by atoms with E-state index in [1.54, 1.807) is 27.2 Å². The van der Waals surface area contributed by atoms with E-state index in [1.165, 1.54) is 0 Å². The number of esters is 1. The molecule has 1 aliphatic rings. The van der Waals surface area contributed by atoms with E-state index in [4.69, 9.17) is 21.1 Å². The van der Waals surface area contributed by atoms with Crippen LogP contribution in [0.3, 0.4) is 0 Å². The van der Waals surface area contributed by atoms with Crippen LogP contribution in [0.1, 0.15) is 50.8 Å². The second-order valence-electron chi connectivity index (χ2n) is 7.68. The first-order valence-electron chi connectivity index (χ1n) is 11.3. The number of amides is 1. The van der Waals surface area contributed by atoms with Crippen LogP contribution in [0.2, 0.25) is 5.02 Å². The van der Waals surface area contributed by atoms with Gasteiger partial charge in [-0.1, -0.05) is 25.4 Å². The van der Waals surface area contributed by atoms with E-state index in [0.29, 0.717) is 50.0 Å². The van der Waals surface area contributed by atoms with Crippen molar-refractivity contribution < 1.29 is 23.8 Å². The van der Waals surface area contributed by atoms with E-state index in [0.717, 1.165) is 17.1 Å². The monoisotopic (exact) mass is 496 g/mol. The fraction of sp³-hybridized carbons (Fsp3) is 0.542. The van der Waals surface area contributed by atoms with Gasteiger partial charge in [0.2, 0.25) is 6.41 Å². The number of hydrogen-bond donors (Lipinski definition) is 1. The molecule has 0 bridgehead atoms. The average Bonchev–Trinajstić information content (AvgIpc) is 3.22. The number of hydrogen-bond acceptors (Lipinski definition) is 7. The number of ether oxygens (including phenoxy) is 3. The van der Waals surface area contributed by atoms with Gasteiger partial charge in [0.25, 0.3) is 0 Å². The third-order valence-electron chi connectivity index (χ3n) is 4.90. The van der Waals surface area contributed by atoms with Gasteiger partial charge in [-0.15, -0.1) is 0 Å². The molecule has 1 N–H and O–H groups in total. The maximum atomic E-state index is 12.0. The number of halogens is 1. The van der Waals surface area contributed by atoms with Gasteiger partial charge in [0.15, 0.2) is 5.69 Å². The first kappa shape index (κ1) is 29.3. The lowest BCUT2D eigenvalue weighted by Gasteiger charge is -2.44. The Labute approximate surface area is 207 Å². The van der Waals surface area contributed by atoms with Crippen molar-refractivity contribution in [1.82, 2.24) is 15.1 Å². The van der Waals surface area contributed by atoms with Crippen LogP contribution in [-0.4, -0.2) is 61.7 Å². The van der Waals surface area contributed by atoms with Gasteiger partial charge in [0.05, 0.1) is 50.3 Å². The third kappa shape index (κ3) is 7.92. The Hall–Kier alpha value is -2.78. The highest BCUT2D eigenvalue weighted by atomic mass is 35.5. The van der Waals surface area contributed by atoms with Gasteiger partial charge in [-0.25, -0.2) is 4.79 Å². The van der Waals surface area contributed by atoms with Gasteiger partial charge < -0.3 is 24.4 Å². The summed E-state index contributed by atoms with van der Waals surface area (Å²) in [6.45, 7) is 12.8. The second kappa shape index (κ2) is 14.5. The van der Waals surface area contributed by atoms with E-state index in [2.05, 4.69) is 33.9 Å². The maximum absolute atomic E-state index is 12.0. The number of fused-ring (bicyclic) bond motifs is 1. The van der Waals surface area contributed by atoms with Gasteiger partial charge in [-0.05, 0) is 45.0 Å². The standard InChI is InChI=1S/C18H22ClN3O3.C4H9NO2.C2H6/c1-5-25-17(23)14-9-13-10-21(18(2,3)11-22(13)20-14)15-8-12(19)6-7-16(15)24-4;1-7-3-2-5-4-6;1-2/h6-9H,5,10-11H2,1-4H3;4H,2-3H2,1H3,(H,5,6);1-2H3. The number of methoxy groups -OCH3 is 2. The maximum Gasteiger partial charge on any atom is 0.358 e. The van der Waals surface area contributed by atoms with Crippen molar-refractivity contribution in [2.45, 2.75) is 53.2 Å². The molecule has 0 saturated heterocycles. The molecule has 0 aliphatic carbocycles. The number of carbonyl (C=O) groups excluding carboxylic acids is 2. The summed E-state index contributed by atoms with van der Waals surface area (Å²) in [5.74, 6) is 0.366. The second-order valence-corrected chi connectivity index (χ2v) is 8.11. The first-order valence-corrected chi connectivity index (χ1v) is 11.7. The van der Waals surface area contributed by atoms with Crippen LogP contribution in [0.25, 0.3) is 0 Å². The van der Waals surface area contributed by atoms with Crippen LogP contribution in [0.4, 0.5) is 5.69 Å². The summed E-state index contributed by atoms with van der Waals surface area (Å²) in [5.41, 5.74) is 1.98. The highest BCUT2D eigenvalue weighted by Crippen LogP contribution is 2.39. The molecule has 0 radical (unpaired) electrons. The van der Waals surface area contributed by atoms with Crippen LogP contribution >= 0.6 is 11.6 Å². The molecule has 0 unspecified atom stereocenters. The molecule has 0 saturated carbocycles. The van der Waals surface area contributed by atoms with Gasteiger partial charge in [-0.3, -0.25) is 9.48 Å². The van der Waals surface area contributed by atoms with Crippen molar-refractivity contribution in [2.75, 3.05) is 38.9 Å². The molecule has 2 heterocycles. The number of aromatic nitrogens is 2. The zero-order valence-electron chi connectivity index (χ0n) is 21.2. The molecule has 190 valence electrons. The lowest BCUT2D eigenvalue weighted by atomic mass is 9.98. The lowest BCUT2D eigenvalue weighted by Crippen LogP contribution is -2.51. The Morgan fingerprint density at radius 1 is 1.26 bits per heavy atom. The zero-order valence-corrected chi connectivity index (χ0v) is 21.9. The summed E-state index contributed by atoms with van der Waals surface area (Å²) in [7, 11) is 3.24. The number of anilines is 1. The van der Waals surface area contributed by atoms with E-state index in [-0.39, 0.29) is 5.54 Å². The van der Waals surface area contributed by atoms with Crippen molar-refractivity contribution in [1.29, 1.82) is 0 Å². The Morgan fingerprint density at radius 2 is 1.97 bits per heavy atom. The molecule has 0 spiro atoms. The SMILES string of the molecule is CC.CCOC(=O)c1cc2n(n1)CC(C)(C)N(c1cc(Cl)ccc1OC)C2.COCCNC=O. The number of rotatable bonds is 8. The normalized spacial score (nSPS) is 13.4. The van der Waals surface area contributed by atoms with Crippen molar-refractivity contribution >= 4 is 29.7 Å². The minimum Gasteiger partial charge on any atom is -0.495 e. The summed E-state index contributed by atoms with van der Waals surface area (Å²) in [5, 5.41) is 7.51.